The van der Waals surface area contributed by atoms with Crippen LogP contribution in [0.25, 0.3) is 0 Å². The fourth-order valence-electron chi connectivity index (χ4n) is 2.13. The summed E-state index contributed by atoms with van der Waals surface area (Å²) in [5.74, 6) is -0.230. The first-order valence-corrected chi connectivity index (χ1v) is 7.94. The third-order valence-corrected chi connectivity index (χ3v) is 3.22. The standard InChI is InChI=1S/C17H27N3O2.ClH/c1-13(2)19-17(22)14-9-6-7-10-15(14)20-16(21)11-5-3-4-8-12-18;/h6-7,9-10,13H,3-5,8,11-12,18H2,1-2H3,(H,19,22)(H,20,21);1H. The van der Waals surface area contributed by atoms with E-state index in [-0.39, 0.29) is 30.3 Å². The highest BCUT2D eigenvalue weighted by atomic mass is 35.5. The first kappa shape index (κ1) is 21.4. The number of amides is 2. The quantitative estimate of drug-likeness (QED) is 0.603. The Labute approximate surface area is 144 Å². The van der Waals surface area contributed by atoms with Gasteiger partial charge in [0.15, 0.2) is 0 Å². The molecule has 1 aromatic carbocycles. The lowest BCUT2D eigenvalue weighted by molar-refractivity contribution is -0.116. The normalized spacial score (nSPS) is 10.1. The van der Waals surface area contributed by atoms with Crippen molar-refractivity contribution in [2.45, 2.75) is 52.0 Å². The molecule has 0 aliphatic heterocycles. The van der Waals surface area contributed by atoms with Crippen LogP contribution in [0, 0.1) is 0 Å². The fraction of sp³-hybridized carbons (Fsp3) is 0.529. The molecule has 0 aliphatic rings. The van der Waals surface area contributed by atoms with Gasteiger partial charge in [0.05, 0.1) is 11.3 Å². The Kier molecular flexibility index (Phi) is 11.1. The molecule has 4 N–H and O–H groups in total. The van der Waals surface area contributed by atoms with Crippen LogP contribution < -0.4 is 16.4 Å². The van der Waals surface area contributed by atoms with Crippen molar-refractivity contribution in [1.82, 2.24) is 5.32 Å². The van der Waals surface area contributed by atoms with Gasteiger partial charge in [0.2, 0.25) is 5.91 Å². The van der Waals surface area contributed by atoms with E-state index < -0.39 is 0 Å². The molecule has 0 unspecified atom stereocenters. The Morgan fingerprint density at radius 2 is 1.74 bits per heavy atom. The van der Waals surface area contributed by atoms with Crippen LogP contribution >= 0.6 is 12.4 Å². The maximum Gasteiger partial charge on any atom is 0.253 e. The zero-order chi connectivity index (χ0) is 16.4. The number of halogens is 1. The van der Waals surface area contributed by atoms with Gasteiger partial charge in [-0.05, 0) is 45.4 Å². The van der Waals surface area contributed by atoms with Gasteiger partial charge in [-0.2, -0.15) is 0 Å². The van der Waals surface area contributed by atoms with E-state index in [0.717, 1.165) is 25.7 Å². The van der Waals surface area contributed by atoms with Crippen LogP contribution in [0.15, 0.2) is 24.3 Å². The van der Waals surface area contributed by atoms with Gasteiger partial charge in [-0.25, -0.2) is 0 Å². The molecule has 0 saturated carbocycles. The van der Waals surface area contributed by atoms with Crippen molar-refractivity contribution < 1.29 is 9.59 Å². The SMILES string of the molecule is CC(C)NC(=O)c1ccccc1NC(=O)CCCCCCN.Cl. The van der Waals surface area contributed by atoms with Gasteiger partial charge in [0.1, 0.15) is 0 Å². The van der Waals surface area contributed by atoms with Gasteiger partial charge in [-0.15, -0.1) is 12.4 Å². The molecule has 5 nitrogen and oxygen atoms in total. The summed E-state index contributed by atoms with van der Waals surface area (Å²) in [6, 6.07) is 7.12. The molecule has 0 aromatic heterocycles. The van der Waals surface area contributed by atoms with Crippen molar-refractivity contribution in [3.8, 4) is 0 Å². The summed E-state index contributed by atoms with van der Waals surface area (Å²) in [5, 5.41) is 5.67. The Morgan fingerprint density at radius 3 is 2.39 bits per heavy atom. The number of nitrogens with one attached hydrogen (secondary N) is 2. The highest BCUT2D eigenvalue weighted by molar-refractivity contribution is 6.03. The molecule has 0 bridgehead atoms. The van der Waals surface area contributed by atoms with E-state index in [1.807, 2.05) is 19.9 Å². The largest absolute Gasteiger partial charge is 0.350 e. The number of carbonyl (C=O) groups is 2. The second-order valence-electron chi connectivity index (χ2n) is 5.67. The van der Waals surface area contributed by atoms with Crippen molar-refractivity contribution in [2.75, 3.05) is 11.9 Å². The van der Waals surface area contributed by atoms with Crippen LogP contribution in [0.4, 0.5) is 5.69 Å². The molecule has 23 heavy (non-hydrogen) atoms. The molecule has 6 heteroatoms. The zero-order valence-electron chi connectivity index (χ0n) is 13.9. The van der Waals surface area contributed by atoms with Crippen molar-refractivity contribution in [2.24, 2.45) is 5.73 Å². The number of anilines is 1. The minimum absolute atomic E-state index is 0. The van der Waals surface area contributed by atoms with Gasteiger partial charge in [-0.3, -0.25) is 9.59 Å². The first-order chi connectivity index (χ1) is 10.5. The maximum atomic E-state index is 12.1. The van der Waals surface area contributed by atoms with Gasteiger partial charge in [-0.1, -0.05) is 25.0 Å². The predicted octanol–water partition coefficient (Wildman–Crippen LogP) is 3.09. The summed E-state index contributed by atoms with van der Waals surface area (Å²) in [5.41, 5.74) is 6.49. The first-order valence-electron chi connectivity index (χ1n) is 7.94. The average Bonchev–Trinajstić information content (AvgIpc) is 2.46. The van der Waals surface area contributed by atoms with Crippen LogP contribution in [0.5, 0.6) is 0 Å². The molecule has 0 atom stereocenters. The van der Waals surface area contributed by atoms with Crippen molar-refractivity contribution in [3.05, 3.63) is 29.8 Å². The van der Waals surface area contributed by atoms with E-state index in [0.29, 0.717) is 24.2 Å². The second-order valence-corrected chi connectivity index (χ2v) is 5.67. The molecule has 0 radical (unpaired) electrons. The third-order valence-electron chi connectivity index (χ3n) is 3.22. The highest BCUT2D eigenvalue weighted by Gasteiger charge is 2.13. The average molecular weight is 342 g/mol. The van der Waals surface area contributed by atoms with Crippen LogP contribution in [-0.2, 0) is 4.79 Å². The molecule has 2 amide bonds. The number of para-hydroxylation sites is 1. The highest BCUT2D eigenvalue weighted by Crippen LogP contribution is 2.16. The van der Waals surface area contributed by atoms with Gasteiger partial charge in [0, 0.05) is 12.5 Å². The van der Waals surface area contributed by atoms with E-state index in [4.69, 9.17) is 5.73 Å². The Balaban J connectivity index is 0.00000484. The molecular weight excluding hydrogens is 314 g/mol. The number of benzene rings is 1. The third kappa shape index (κ3) is 8.57. The summed E-state index contributed by atoms with van der Waals surface area (Å²) < 4.78 is 0. The molecule has 0 heterocycles. The molecule has 0 saturated heterocycles. The van der Waals surface area contributed by atoms with Gasteiger partial charge < -0.3 is 16.4 Å². The summed E-state index contributed by atoms with van der Waals surface area (Å²) in [6.07, 6.45) is 4.36. The van der Waals surface area contributed by atoms with Crippen LogP contribution in [0.3, 0.4) is 0 Å². The summed E-state index contributed by atoms with van der Waals surface area (Å²) in [7, 11) is 0. The Hall–Kier alpha value is -1.59. The monoisotopic (exact) mass is 341 g/mol. The second kappa shape index (κ2) is 11.9. The number of unbranched alkanes of at least 4 members (excludes halogenated alkanes) is 3. The fourth-order valence-corrected chi connectivity index (χ4v) is 2.13. The smallest absolute Gasteiger partial charge is 0.253 e. The molecule has 130 valence electrons. The van der Waals surface area contributed by atoms with Crippen molar-refractivity contribution in [1.29, 1.82) is 0 Å². The molecule has 0 fully saturated rings. The molecule has 1 rings (SSSR count). The number of rotatable bonds is 9. The lowest BCUT2D eigenvalue weighted by atomic mass is 10.1. The number of hydrogen-bond donors (Lipinski definition) is 3. The topological polar surface area (TPSA) is 84.2 Å². The van der Waals surface area contributed by atoms with E-state index in [9.17, 15) is 9.59 Å². The number of carbonyl (C=O) groups excluding carboxylic acids is 2. The molecular formula is C17H28ClN3O2. The Morgan fingerprint density at radius 1 is 1.09 bits per heavy atom. The zero-order valence-corrected chi connectivity index (χ0v) is 14.7. The number of nitrogens with two attached hydrogens (primary N) is 1. The number of hydrogen-bond acceptors (Lipinski definition) is 3. The van der Waals surface area contributed by atoms with E-state index in [1.54, 1.807) is 18.2 Å². The van der Waals surface area contributed by atoms with E-state index in [1.165, 1.54) is 0 Å². The van der Waals surface area contributed by atoms with Crippen LogP contribution in [0.2, 0.25) is 0 Å². The van der Waals surface area contributed by atoms with Crippen LogP contribution in [-0.4, -0.2) is 24.4 Å². The van der Waals surface area contributed by atoms with Crippen molar-refractivity contribution >= 4 is 29.9 Å². The lowest BCUT2D eigenvalue weighted by Crippen LogP contribution is -2.31. The maximum absolute atomic E-state index is 12.1. The minimum Gasteiger partial charge on any atom is -0.350 e. The Bertz CT molecular complexity index is 492. The molecule has 0 spiro atoms. The van der Waals surface area contributed by atoms with Gasteiger partial charge in [0.25, 0.3) is 5.91 Å². The van der Waals surface area contributed by atoms with Crippen LogP contribution in [0.1, 0.15) is 56.3 Å². The van der Waals surface area contributed by atoms with Crippen molar-refractivity contribution in [3.63, 3.8) is 0 Å². The minimum atomic E-state index is -0.172. The van der Waals surface area contributed by atoms with E-state index >= 15 is 0 Å². The summed E-state index contributed by atoms with van der Waals surface area (Å²) in [6.45, 7) is 4.51. The molecule has 0 aliphatic carbocycles. The predicted molar refractivity (Wildman–Crippen MR) is 97.1 cm³/mol. The van der Waals surface area contributed by atoms with E-state index in [2.05, 4.69) is 10.6 Å². The summed E-state index contributed by atoms with van der Waals surface area (Å²) >= 11 is 0. The molecule has 1 aromatic rings. The summed E-state index contributed by atoms with van der Waals surface area (Å²) in [4.78, 5) is 24.1. The van der Waals surface area contributed by atoms with Gasteiger partial charge >= 0.3 is 0 Å². The lowest BCUT2D eigenvalue weighted by Gasteiger charge is -2.13.